The Morgan fingerprint density at radius 2 is 1.94 bits per heavy atom. The molecule has 0 N–H and O–H groups in total. The van der Waals surface area contributed by atoms with Gasteiger partial charge in [0.1, 0.15) is 6.21 Å². The van der Waals surface area contributed by atoms with E-state index in [1.165, 1.54) is 6.92 Å². The summed E-state index contributed by atoms with van der Waals surface area (Å²) in [7, 11) is 0. The van der Waals surface area contributed by atoms with Crippen LogP contribution in [0.25, 0.3) is 0 Å². The highest BCUT2D eigenvalue weighted by Gasteiger charge is 1.98. The van der Waals surface area contributed by atoms with Crippen LogP contribution in [0.2, 0.25) is 0 Å². The van der Waals surface area contributed by atoms with Crippen LogP contribution >= 0.6 is 0 Å². The summed E-state index contributed by atoms with van der Waals surface area (Å²) in [5.41, 5.74) is 1.23. The van der Waals surface area contributed by atoms with E-state index in [0.29, 0.717) is 17.9 Å². The Morgan fingerprint density at radius 3 is 2.44 bits per heavy atom. The average Bonchev–Trinajstić information content (AvgIpc) is 2.27. The van der Waals surface area contributed by atoms with Gasteiger partial charge in [-0.1, -0.05) is 0 Å². The number of hydrogen-bond donors (Lipinski definition) is 0. The molecule has 0 amide bonds. The second kappa shape index (κ2) is 5.80. The smallest absolute Gasteiger partial charge is 0.349 e. The number of Topliss-reactive ketones (excluding diaryl/α,β-unsaturated/α-hetero) is 1. The number of esters is 1. The summed E-state index contributed by atoms with van der Waals surface area (Å²) in [6.07, 6.45) is 1.12. The number of aliphatic imine (C=N–C) groups is 1. The van der Waals surface area contributed by atoms with Crippen molar-refractivity contribution in [2.45, 2.75) is 13.8 Å². The molecule has 0 heterocycles. The fourth-order valence-electron chi connectivity index (χ4n) is 1.09. The molecule has 0 aliphatic heterocycles. The fraction of sp³-hybridized carbons (Fsp3) is 0.250. The van der Waals surface area contributed by atoms with Crippen molar-refractivity contribution in [3.8, 4) is 0 Å². The van der Waals surface area contributed by atoms with Crippen LogP contribution in [-0.2, 0) is 9.53 Å². The molecule has 0 aromatic heterocycles. The molecule has 0 spiro atoms. The predicted octanol–water partition coefficient (Wildman–Crippen LogP) is 2.15. The molecule has 0 bridgehead atoms. The molecule has 1 rings (SSSR count). The number of ether oxygens (including phenoxy) is 1. The van der Waals surface area contributed by atoms with Crippen LogP contribution in [0.4, 0.5) is 5.69 Å². The lowest BCUT2D eigenvalue weighted by atomic mass is 10.1. The zero-order chi connectivity index (χ0) is 12.0. The molecule has 4 nitrogen and oxygen atoms in total. The van der Waals surface area contributed by atoms with Gasteiger partial charge in [-0.3, -0.25) is 4.79 Å². The van der Waals surface area contributed by atoms with E-state index in [1.54, 1.807) is 31.2 Å². The van der Waals surface area contributed by atoms with Crippen LogP contribution in [0, 0.1) is 0 Å². The Balaban J connectivity index is 2.68. The van der Waals surface area contributed by atoms with E-state index in [0.717, 1.165) is 6.21 Å². The monoisotopic (exact) mass is 219 g/mol. The van der Waals surface area contributed by atoms with Gasteiger partial charge in [-0.25, -0.2) is 9.79 Å². The molecule has 16 heavy (non-hydrogen) atoms. The summed E-state index contributed by atoms with van der Waals surface area (Å²) >= 11 is 0. The highest BCUT2D eigenvalue weighted by atomic mass is 16.5. The van der Waals surface area contributed by atoms with Gasteiger partial charge in [-0.05, 0) is 38.1 Å². The first-order chi connectivity index (χ1) is 7.63. The van der Waals surface area contributed by atoms with Gasteiger partial charge in [0, 0.05) is 5.56 Å². The summed E-state index contributed by atoms with van der Waals surface area (Å²) in [5, 5.41) is 0. The van der Waals surface area contributed by atoms with Crippen molar-refractivity contribution in [1.29, 1.82) is 0 Å². The number of carbonyl (C=O) groups excluding carboxylic acids is 2. The second-order valence-electron chi connectivity index (χ2n) is 3.11. The Hall–Kier alpha value is -1.97. The number of carbonyl (C=O) groups is 2. The van der Waals surface area contributed by atoms with Crippen LogP contribution < -0.4 is 0 Å². The molecule has 0 aliphatic carbocycles. The topological polar surface area (TPSA) is 55.7 Å². The molecular formula is C12H13NO3. The third kappa shape index (κ3) is 3.65. The SMILES string of the molecule is CCOC(=O)C=Nc1ccc(C(C)=O)cc1. The van der Waals surface area contributed by atoms with E-state index >= 15 is 0 Å². The quantitative estimate of drug-likeness (QED) is 0.443. The zero-order valence-electron chi connectivity index (χ0n) is 9.27. The number of hydrogen-bond acceptors (Lipinski definition) is 4. The lowest BCUT2D eigenvalue weighted by molar-refractivity contribution is -0.134. The van der Waals surface area contributed by atoms with Gasteiger partial charge in [0.25, 0.3) is 0 Å². The maximum absolute atomic E-state index is 11.0. The van der Waals surface area contributed by atoms with Crippen LogP contribution in [0.1, 0.15) is 24.2 Å². The van der Waals surface area contributed by atoms with E-state index in [4.69, 9.17) is 0 Å². The van der Waals surface area contributed by atoms with E-state index in [-0.39, 0.29) is 5.78 Å². The van der Waals surface area contributed by atoms with Gasteiger partial charge in [-0.2, -0.15) is 0 Å². The molecular weight excluding hydrogens is 206 g/mol. The summed E-state index contributed by atoms with van der Waals surface area (Å²) < 4.78 is 4.68. The van der Waals surface area contributed by atoms with Gasteiger partial charge in [0.15, 0.2) is 5.78 Å². The lowest BCUT2D eigenvalue weighted by Gasteiger charge is -1.97. The minimum Gasteiger partial charge on any atom is -0.462 e. The van der Waals surface area contributed by atoms with Crippen molar-refractivity contribution in [2.24, 2.45) is 4.99 Å². The van der Waals surface area contributed by atoms with E-state index in [1.807, 2.05) is 0 Å². The highest BCUT2D eigenvalue weighted by Crippen LogP contribution is 2.12. The molecule has 1 aromatic rings. The number of ketones is 1. The van der Waals surface area contributed by atoms with Crippen LogP contribution in [0.3, 0.4) is 0 Å². The van der Waals surface area contributed by atoms with E-state index in [2.05, 4.69) is 9.73 Å². The predicted molar refractivity (Wildman–Crippen MR) is 61.2 cm³/mol. The summed E-state index contributed by atoms with van der Waals surface area (Å²) in [4.78, 5) is 25.9. The first-order valence-electron chi connectivity index (χ1n) is 4.95. The van der Waals surface area contributed by atoms with Crippen molar-refractivity contribution in [1.82, 2.24) is 0 Å². The number of rotatable bonds is 4. The maximum Gasteiger partial charge on any atom is 0.349 e. The Morgan fingerprint density at radius 1 is 1.31 bits per heavy atom. The molecule has 0 unspecified atom stereocenters. The molecule has 0 aliphatic rings. The Kier molecular flexibility index (Phi) is 4.39. The van der Waals surface area contributed by atoms with Crippen LogP contribution in [-0.4, -0.2) is 24.6 Å². The van der Waals surface area contributed by atoms with Crippen molar-refractivity contribution in [3.63, 3.8) is 0 Å². The minimum atomic E-state index is -0.474. The third-order valence-electron chi connectivity index (χ3n) is 1.88. The highest BCUT2D eigenvalue weighted by molar-refractivity contribution is 6.23. The maximum atomic E-state index is 11.0. The van der Waals surface area contributed by atoms with Crippen molar-refractivity contribution in [3.05, 3.63) is 29.8 Å². The Bertz CT molecular complexity index is 407. The van der Waals surface area contributed by atoms with Crippen LogP contribution in [0.5, 0.6) is 0 Å². The average molecular weight is 219 g/mol. The fourth-order valence-corrected chi connectivity index (χ4v) is 1.09. The van der Waals surface area contributed by atoms with Crippen LogP contribution in [0.15, 0.2) is 29.3 Å². The molecule has 0 saturated carbocycles. The third-order valence-corrected chi connectivity index (χ3v) is 1.88. The largest absolute Gasteiger partial charge is 0.462 e. The number of benzene rings is 1. The standard InChI is InChI=1S/C12H13NO3/c1-3-16-12(15)8-13-11-6-4-10(5-7-11)9(2)14/h4-8H,3H2,1-2H3. The van der Waals surface area contributed by atoms with Crippen molar-refractivity contribution >= 4 is 23.7 Å². The summed E-state index contributed by atoms with van der Waals surface area (Å²) in [6.45, 7) is 3.55. The second-order valence-corrected chi connectivity index (χ2v) is 3.11. The lowest BCUT2D eigenvalue weighted by Crippen LogP contribution is -2.04. The molecule has 0 saturated heterocycles. The van der Waals surface area contributed by atoms with E-state index in [9.17, 15) is 9.59 Å². The summed E-state index contributed by atoms with van der Waals surface area (Å²) in [6, 6.07) is 6.68. The van der Waals surface area contributed by atoms with Crippen molar-refractivity contribution in [2.75, 3.05) is 6.61 Å². The number of nitrogens with zero attached hydrogens (tertiary/aromatic N) is 1. The molecule has 0 radical (unpaired) electrons. The zero-order valence-corrected chi connectivity index (χ0v) is 9.27. The van der Waals surface area contributed by atoms with Crippen molar-refractivity contribution < 1.29 is 14.3 Å². The van der Waals surface area contributed by atoms with Gasteiger partial charge >= 0.3 is 5.97 Å². The van der Waals surface area contributed by atoms with E-state index < -0.39 is 5.97 Å². The molecule has 84 valence electrons. The van der Waals surface area contributed by atoms with Gasteiger partial charge in [0.05, 0.1) is 12.3 Å². The summed E-state index contributed by atoms with van der Waals surface area (Å²) in [5.74, 6) is -0.473. The molecule has 4 heteroatoms. The first-order valence-corrected chi connectivity index (χ1v) is 4.95. The first kappa shape index (κ1) is 12.1. The normalized spacial score (nSPS) is 10.4. The van der Waals surface area contributed by atoms with Gasteiger partial charge in [-0.15, -0.1) is 0 Å². The molecule has 0 fully saturated rings. The van der Waals surface area contributed by atoms with Gasteiger partial charge in [0.2, 0.25) is 0 Å². The van der Waals surface area contributed by atoms with Gasteiger partial charge < -0.3 is 4.74 Å². The molecule has 1 aromatic carbocycles. The minimum absolute atomic E-state index is 0.000854. The Labute approximate surface area is 94.0 Å². The molecule has 0 atom stereocenters.